The second-order valence-electron chi connectivity index (χ2n) is 5.07. The fraction of sp³-hybridized carbons (Fsp3) is 0.917. The van der Waals surface area contributed by atoms with Crippen LogP contribution in [0.5, 0.6) is 0 Å². The van der Waals surface area contributed by atoms with Crippen molar-refractivity contribution in [2.24, 2.45) is 0 Å². The van der Waals surface area contributed by atoms with Crippen molar-refractivity contribution >= 4 is 6.09 Å². The number of rotatable bonds is 5. The maximum absolute atomic E-state index is 13.2. The number of carbonyl (C=O) groups excluding carboxylic acids is 1. The Hall–Kier alpha value is -0.910. The van der Waals surface area contributed by atoms with Crippen LogP contribution < -0.4 is 5.32 Å². The third-order valence-electron chi connectivity index (χ3n) is 1.52. The molecule has 0 fully saturated rings. The number of ether oxygens (including phenoxy) is 2. The van der Waals surface area contributed by atoms with Crippen LogP contribution in [0.15, 0.2) is 0 Å². The van der Waals surface area contributed by atoms with Gasteiger partial charge in [-0.2, -0.15) is 0 Å². The van der Waals surface area contributed by atoms with Gasteiger partial charge in [-0.15, -0.1) is 0 Å². The normalized spacial score (nSPS) is 12.0. The summed E-state index contributed by atoms with van der Waals surface area (Å²) in [4.78, 5) is 11.1. The lowest BCUT2D eigenvalue weighted by atomic mass is 10.2. The Balaban J connectivity index is 0. The molecule has 0 rings (SSSR count). The van der Waals surface area contributed by atoms with E-state index in [4.69, 9.17) is 9.47 Å². The Bertz CT molecular complexity index is 250. The largest absolute Gasteiger partial charge is 0.444 e. The van der Waals surface area contributed by atoms with E-state index in [0.717, 1.165) is 0 Å². The third kappa shape index (κ3) is 11.6. The monoisotopic (exact) mass is 269 g/mol. The Kier molecular flexibility index (Phi) is 8.10. The number of alkyl carbamates (subject to hydrolysis) is 1. The van der Waals surface area contributed by atoms with Crippen molar-refractivity contribution in [2.75, 3.05) is 13.2 Å². The number of amides is 1. The van der Waals surface area contributed by atoms with Crippen LogP contribution in [0.25, 0.3) is 0 Å². The zero-order valence-corrected chi connectivity index (χ0v) is 11.0. The van der Waals surface area contributed by atoms with Crippen LogP contribution >= 0.6 is 0 Å². The summed E-state index contributed by atoms with van der Waals surface area (Å²) in [6.07, 6.45) is -1.14. The predicted molar refractivity (Wildman–Crippen MR) is 67.0 cm³/mol. The first-order valence-electron chi connectivity index (χ1n) is 5.48. The predicted octanol–water partition coefficient (Wildman–Crippen LogP) is 3.21. The Labute approximate surface area is 108 Å². The summed E-state index contributed by atoms with van der Waals surface area (Å²) in [5.74, 6) is -3.10. The van der Waals surface area contributed by atoms with Gasteiger partial charge in [0.1, 0.15) is 12.2 Å². The van der Waals surface area contributed by atoms with Gasteiger partial charge in [-0.3, -0.25) is 0 Å². The van der Waals surface area contributed by atoms with E-state index in [1.807, 2.05) is 5.32 Å². The number of alkyl halides is 2. The first-order chi connectivity index (χ1) is 7.52. The standard InChI is InChI=1S/C11H21F2NO3.CH4/c1-8(2)16-7-11(12,13)6-14-9(15)17-10(3,4)5;/h8H,6-7H2,1-5H3,(H,14,15);1H4. The molecule has 110 valence electrons. The summed E-state index contributed by atoms with van der Waals surface area (Å²) >= 11 is 0. The minimum absolute atomic E-state index is 0. The minimum Gasteiger partial charge on any atom is -0.444 e. The van der Waals surface area contributed by atoms with Gasteiger partial charge in [-0.1, -0.05) is 7.43 Å². The summed E-state index contributed by atoms with van der Waals surface area (Å²) in [5, 5.41) is 2.01. The van der Waals surface area contributed by atoms with E-state index in [-0.39, 0.29) is 13.5 Å². The number of carbonyl (C=O) groups is 1. The van der Waals surface area contributed by atoms with Crippen LogP contribution in [-0.4, -0.2) is 36.9 Å². The van der Waals surface area contributed by atoms with Gasteiger partial charge < -0.3 is 14.8 Å². The molecular weight excluding hydrogens is 244 g/mol. The van der Waals surface area contributed by atoms with Gasteiger partial charge in [0, 0.05) is 0 Å². The first kappa shape index (κ1) is 19.4. The number of nitrogens with one attached hydrogen (secondary N) is 1. The maximum atomic E-state index is 13.2. The molecule has 6 heteroatoms. The molecule has 4 nitrogen and oxygen atoms in total. The average molecular weight is 269 g/mol. The molecule has 0 saturated heterocycles. The second-order valence-corrected chi connectivity index (χ2v) is 5.07. The van der Waals surface area contributed by atoms with Crippen molar-refractivity contribution < 1.29 is 23.0 Å². The molecule has 0 unspecified atom stereocenters. The highest BCUT2D eigenvalue weighted by Crippen LogP contribution is 2.14. The third-order valence-corrected chi connectivity index (χ3v) is 1.52. The summed E-state index contributed by atoms with van der Waals surface area (Å²) in [5.41, 5.74) is -0.701. The molecule has 0 heterocycles. The molecule has 0 atom stereocenters. The van der Waals surface area contributed by atoms with E-state index in [1.165, 1.54) is 0 Å². The smallest absolute Gasteiger partial charge is 0.407 e. The zero-order chi connectivity index (χ0) is 13.7. The van der Waals surface area contributed by atoms with Gasteiger partial charge in [-0.05, 0) is 34.6 Å². The lowest BCUT2D eigenvalue weighted by Crippen LogP contribution is -2.42. The van der Waals surface area contributed by atoms with Crippen molar-refractivity contribution in [3.63, 3.8) is 0 Å². The number of hydrogen-bond donors (Lipinski definition) is 1. The van der Waals surface area contributed by atoms with Crippen LogP contribution in [0.1, 0.15) is 42.0 Å². The van der Waals surface area contributed by atoms with Gasteiger partial charge in [0.25, 0.3) is 5.92 Å². The highest BCUT2D eigenvalue weighted by atomic mass is 19.3. The Morgan fingerprint density at radius 3 is 2.17 bits per heavy atom. The Morgan fingerprint density at radius 2 is 1.78 bits per heavy atom. The highest BCUT2D eigenvalue weighted by Gasteiger charge is 2.31. The van der Waals surface area contributed by atoms with E-state index in [9.17, 15) is 13.6 Å². The molecule has 18 heavy (non-hydrogen) atoms. The molecule has 1 amide bonds. The van der Waals surface area contributed by atoms with Gasteiger partial charge in [0.2, 0.25) is 0 Å². The topological polar surface area (TPSA) is 47.6 Å². The van der Waals surface area contributed by atoms with Crippen molar-refractivity contribution in [1.82, 2.24) is 5.32 Å². The molecule has 0 aromatic rings. The number of hydrogen-bond acceptors (Lipinski definition) is 3. The second kappa shape index (κ2) is 7.51. The molecule has 0 aromatic carbocycles. The van der Waals surface area contributed by atoms with Gasteiger partial charge in [0.05, 0.1) is 12.6 Å². The van der Waals surface area contributed by atoms with Crippen molar-refractivity contribution in [3.05, 3.63) is 0 Å². The van der Waals surface area contributed by atoms with Crippen LogP contribution in [-0.2, 0) is 9.47 Å². The molecule has 0 radical (unpaired) electrons. The molecule has 1 N–H and O–H groups in total. The lowest BCUT2D eigenvalue weighted by molar-refractivity contribution is -0.0900. The molecule has 0 spiro atoms. The van der Waals surface area contributed by atoms with E-state index in [2.05, 4.69) is 0 Å². The van der Waals surface area contributed by atoms with Gasteiger partial charge in [0.15, 0.2) is 0 Å². The zero-order valence-electron chi connectivity index (χ0n) is 11.0. The SMILES string of the molecule is C.CC(C)OCC(F)(F)CNC(=O)OC(C)(C)C. The summed E-state index contributed by atoms with van der Waals surface area (Å²) in [6.45, 7) is 6.79. The van der Waals surface area contributed by atoms with E-state index >= 15 is 0 Å². The summed E-state index contributed by atoms with van der Waals surface area (Å²) < 4.78 is 36.0. The van der Waals surface area contributed by atoms with E-state index in [0.29, 0.717) is 0 Å². The first-order valence-corrected chi connectivity index (χ1v) is 5.48. The lowest BCUT2D eigenvalue weighted by Gasteiger charge is -2.22. The summed E-state index contributed by atoms with van der Waals surface area (Å²) in [6, 6.07) is 0. The molecule has 0 saturated carbocycles. The summed E-state index contributed by atoms with van der Waals surface area (Å²) in [7, 11) is 0. The molecule has 0 aromatic heterocycles. The number of halogens is 2. The highest BCUT2D eigenvalue weighted by molar-refractivity contribution is 5.67. The van der Waals surface area contributed by atoms with Gasteiger partial charge >= 0.3 is 6.09 Å². The van der Waals surface area contributed by atoms with Gasteiger partial charge in [-0.25, -0.2) is 13.6 Å². The van der Waals surface area contributed by atoms with E-state index < -0.39 is 30.8 Å². The molecule has 0 aliphatic heterocycles. The van der Waals surface area contributed by atoms with Crippen molar-refractivity contribution in [1.29, 1.82) is 0 Å². The minimum atomic E-state index is -3.10. The molecule has 0 bridgehead atoms. The van der Waals surface area contributed by atoms with Crippen molar-refractivity contribution in [3.8, 4) is 0 Å². The maximum Gasteiger partial charge on any atom is 0.407 e. The quantitative estimate of drug-likeness (QED) is 0.833. The van der Waals surface area contributed by atoms with Crippen LogP contribution in [0, 0.1) is 0 Å². The molecule has 0 aliphatic carbocycles. The fourth-order valence-electron chi connectivity index (χ4n) is 0.855. The van der Waals surface area contributed by atoms with Crippen molar-refractivity contribution in [2.45, 2.75) is 59.7 Å². The van der Waals surface area contributed by atoms with Crippen LogP contribution in [0.3, 0.4) is 0 Å². The molecule has 0 aliphatic rings. The Morgan fingerprint density at radius 1 is 1.28 bits per heavy atom. The van der Waals surface area contributed by atoms with Crippen LogP contribution in [0.4, 0.5) is 13.6 Å². The average Bonchev–Trinajstić information content (AvgIpc) is 2.09. The van der Waals surface area contributed by atoms with E-state index in [1.54, 1.807) is 34.6 Å². The van der Waals surface area contributed by atoms with Crippen LogP contribution in [0.2, 0.25) is 0 Å². The molecular formula is C12H25F2NO3. The fourth-order valence-corrected chi connectivity index (χ4v) is 0.855.